The average Bonchev–Trinajstić information content (AvgIpc) is 1.07. The normalized spacial score (nSPS) is 12.9. The van der Waals surface area contributed by atoms with Crippen LogP contribution >= 0.6 is 0 Å². The average molecular weight is 1250 g/mol. The van der Waals surface area contributed by atoms with Crippen LogP contribution in [0.5, 0.6) is 0 Å². The minimum absolute atomic E-state index is 0.0880. The zero-order chi connectivity index (χ0) is 66.2. The molecule has 13 aromatic carbocycles. The van der Waals surface area contributed by atoms with Crippen molar-refractivity contribution < 1.29 is 0 Å². The number of hydrogen-bond acceptors (Lipinski definition) is 3. The molecule has 15 aromatic rings. The number of anilines is 6. The van der Waals surface area contributed by atoms with Crippen LogP contribution in [0, 0.1) is 11.3 Å². The van der Waals surface area contributed by atoms with Crippen molar-refractivity contribution in [2.24, 2.45) is 0 Å². The highest BCUT2D eigenvalue weighted by molar-refractivity contribution is 7.00. The Morgan fingerprint density at radius 2 is 0.732 bits per heavy atom. The molecule has 0 saturated carbocycles. The summed E-state index contributed by atoms with van der Waals surface area (Å²) in [6.45, 7) is 20.8. The van der Waals surface area contributed by atoms with Crippen molar-refractivity contribution in [1.29, 1.82) is 5.26 Å². The van der Waals surface area contributed by atoms with E-state index in [4.69, 9.17) is 0 Å². The third-order valence-electron chi connectivity index (χ3n) is 20.6. The lowest BCUT2D eigenvalue weighted by Gasteiger charge is -2.46. The Morgan fingerprint density at radius 3 is 1.31 bits per heavy atom. The Morgan fingerprint density at radius 1 is 0.289 bits per heavy atom. The maximum absolute atomic E-state index is 12.3. The predicted octanol–water partition coefficient (Wildman–Crippen LogP) is 22.4. The first kappa shape index (κ1) is 59.4. The molecule has 0 N–H and O–H groups in total. The molecule has 17 rings (SSSR count). The van der Waals surface area contributed by atoms with E-state index >= 15 is 0 Å². The van der Waals surface area contributed by atoms with Crippen LogP contribution in [0.2, 0.25) is 0 Å². The maximum atomic E-state index is 12.3. The van der Waals surface area contributed by atoms with Gasteiger partial charge in [0.25, 0.3) is 6.71 Å². The Balaban J connectivity index is 0.993. The van der Waals surface area contributed by atoms with E-state index in [-0.39, 0.29) is 23.0 Å². The lowest BCUT2D eigenvalue weighted by atomic mass is 9.33. The van der Waals surface area contributed by atoms with E-state index in [9.17, 15) is 5.26 Å². The number of fused-ring (bicyclic) bond motifs is 10. The van der Waals surface area contributed by atoms with Crippen LogP contribution in [0.1, 0.15) is 84.6 Å². The summed E-state index contributed by atoms with van der Waals surface area (Å²) in [5.41, 5.74) is 29.1. The van der Waals surface area contributed by atoms with Gasteiger partial charge in [-0.2, -0.15) is 5.26 Å². The van der Waals surface area contributed by atoms with E-state index in [1.807, 2.05) is 0 Å². The van der Waals surface area contributed by atoms with Gasteiger partial charge in [0.15, 0.2) is 0 Å². The summed E-state index contributed by atoms with van der Waals surface area (Å²) in [5.74, 6) is 0. The highest BCUT2D eigenvalue weighted by Gasteiger charge is 2.46. The number of hydrogen-bond donors (Lipinski definition) is 0. The van der Waals surface area contributed by atoms with E-state index in [1.165, 1.54) is 55.1 Å². The van der Waals surface area contributed by atoms with E-state index in [0.29, 0.717) is 5.56 Å². The molecule has 0 saturated heterocycles. The van der Waals surface area contributed by atoms with Crippen molar-refractivity contribution in [3.8, 4) is 62.0 Å². The fourth-order valence-corrected chi connectivity index (χ4v) is 15.6. The molecule has 2 aromatic heterocycles. The number of nitriles is 1. The SMILES string of the molecule is CC(C)(C)c1cc(-c2ccc3c(c2)N(c2ccc(-c4ccccc4)cc2-c2ccccc2)c2cc(C(C)(C)C)cc4c2B3c2ccc(-n3c5ccccc5c5cc(-c6ccccc6)ccc53)cc2N4c2cccc(-n3c4ccccc4c4ccccc43)c2C#N)cc(C(C)(C)C)c1. The molecule has 5 nitrogen and oxygen atoms in total. The predicted molar refractivity (Wildman–Crippen MR) is 412 cm³/mol. The first-order valence-corrected chi connectivity index (χ1v) is 34.1. The third kappa shape index (κ3) is 9.73. The van der Waals surface area contributed by atoms with Gasteiger partial charge in [-0.3, -0.25) is 0 Å². The molecule has 0 radical (unpaired) electrons. The topological polar surface area (TPSA) is 40.1 Å². The molecule has 4 heterocycles. The Kier molecular flexibility index (Phi) is 13.7. The molecule has 2 aliphatic rings. The van der Waals surface area contributed by atoms with Gasteiger partial charge in [0.2, 0.25) is 0 Å². The zero-order valence-corrected chi connectivity index (χ0v) is 56.4. The number of para-hydroxylation sites is 3. The van der Waals surface area contributed by atoms with Gasteiger partial charge < -0.3 is 18.9 Å². The summed E-state index contributed by atoms with van der Waals surface area (Å²) in [5, 5.41) is 16.9. The van der Waals surface area contributed by atoms with Crippen LogP contribution in [-0.4, -0.2) is 15.8 Å². The molecule has 0 aliphatic carbocycles. The van der Waals surface area contributed by atoms with Crippen molar-refractivity contribution in [1.82, 2.24) is 9.13 Å². The Hall–Kier alpha value is -11.4. The molecular weight excluding hydrogens is 1170 g/mol. The first-order valence-electron chi connectivity index (χ1n) is 34.1. The lowest BCUT2D eigenvalue weighted by Crippen LogP contribution is -2.61. The standard InChI is InChI=1S/C91H74BN5/c1-89(2,3)65-48-64(49-66(53-65)90(4,5)6)63-40-44-75-84(52-63)97(82-46-41-61(58-26-13-10-14-27-58)50-72(82)60-30-17-12-18-31-60)87-55-67(91(7,8)9)54-86-88(87)92(75)76-45-43-68(94-77-35-22-21-34-71(77)73-51-62(42-47-83(73)94)59-28-15-11-16-29-59)56-85(76)96(86)81-39-25-38-80(74(81)57-93)95-78-36-23-19-32-69(78)70-33-20-24-37-79(70)95/h10-56H,1-9H3. The van der Waals surface area contributed by atoms with Crippen LogP contribution in [0.25, 0.3) is 99.5 Å². The van der Waals surface area contributed by atoms with Crippen molar-refractivity contribution in [2.45, 2.75) is 78.6 Å². The minimum Gasteiger partial charge on any atom is -0.311 e. The largest absolute Gasteiger partial charge is 0.311 e. The maximum Gasteiger partial charge on any atom is 0.252 e. The van der Waals surface area contributed by atoms with Crippen LogP contribution in [0.4, 0.5) is 34.1 Å². The van der Waals surface area contributed by atoms with Crippen LogP contribution in [0.3, 0.4) is 0 Å². The number of rotatable bonds is 8. The summed E-state index contributed by atoms with van der Waals surface area (Å²) in [6.07, 6.45) is 0. The summed E-state index contributed by atoms with van der Waals surface area (Å²) in [6, 6.07) is 109. The highest BCUT2D eigenvalue weighted by Crippen LogP contribution is 2.52. The van der Waals surface area contributed by atoms with Crippen molar-refractivity contribution in [3.05, 3.63) is 307 Å². The van der Waals surface area contributed by atoms with E-state index in [1.54, 1.807) is 0 Å². The van der Waals surface area contributed by atoms with Gasteiger partial charge in [0.05, 0.1) is 39.1 Å². The van der Waals surface area contributed by atoms with Crippen molar-refractivity contribution >= 4 is 101 Å². The molecule has 0 atom stereocenters. The molecule has 2 aliphatic heterocycles. The van der Waals surface area contributed by atoms with E-state index in [2.05, 4.69) is 372 Å². The van der Waals surface area contributed by atoms with Crippen molar-refractivity contribution in [3.63, 3.8) is 0 Å². The van der Waals surface area contributed by atoms with Gasteiger partial charge in [-0.25, -0.2) is 0 Å². The molecule has 466 valence electrons. The first-order chi connectivity index (χ1) is 47.0. The van der Waals surface area contributed by atoms with Crippen LogP contribution in [-0.2, 0) is 16.2 Å². The fourth-order valence-electron chi connectivity index (χ4n) is 15.6. The van der Waals surface area contributed by atoms with Gasteiger partial charge >= 0.3 is 0 Å². The second kappa shape index (κ2) is 22.4. The molecule has 0 unspecified atom stereocenters. The van der Waals surface area contributed by atoms with Gasteiger partial charge in [-0.05, 0) is 173 Å². The number of benzene rings is 13. The molecule has 0 fully saturated rings. The summed E-state index contributed by atoms with van der Waals surface area (Å²) < 4.78 is 4.76. The van der Waals surface area contributed by atoms with Gasteiger partial charge in [0, 0.05) is 55.5 Å². The number of nitrogens with zero attached hydrogens (tertiary/aromatic N) is 5. The van der Waals surface area contributed by atoms with Gasteiger partial charge in [-0.1, -0.05) is 263 Å². The Bertz CT molecular complexity index is 5640. The Labute approximate surface area is 569 Å². The minimum atomic E-state index is -0.330. The quantitative estimate of drug-likeness (QED) is 0.142. The molecule has 97 heavy (non-hydrogen) atoms. The molecule has 0 spiro atoms. The van der Waals surface area contributed by atoms with Crippen molar-refractivity contribution in [2.75, 3.05) is 9.80 Å². The highest BCUT2D eigenvalue weighted by atomic mass is 15.2. The zero-order valence-electron chi connectivity index (χ0n) is 56.4. The third-order valence-corrected chi connectivity index (χ3v) is 20.6. The molecule has 6 heteroatoms. The summed E-state index contributed by atoms with van der Waals surface area (Å²) >= 11 is 0. The lowest BCUT2D eigenvalue weighted by molar-refractivity contribution is 0.569. The smallest absolute Gasteiger partial charge is 0.252 e. The molecule has 0 amide bonds. The van der Waals surface area contributed by atoms with Gasteiger partial charge in [0.1, 0.15) is 11.6 Å². The van der Waals surface area contributed by atoms with E-state index < -0.39 is 0 Å². The summed E-state index contributed by atoms with van der Waals surface area (Å²) in [4.78, 5) is 5.08. The number of aromatic nitrogens is 2. The second-order valence-electron chi connectivity index (χ2n) is 29.7. The van der Waals surface area contributed by atoms with Crippen LogP contribution in [0.15, 0.2) is 285 Å². The second-order valence-corrected chi connectivity index (χ2v) is 29.7. The monoisotopic (exact) mass is 1250 g/mol. The van der Waals surface area contributed by atoms with E-state index in [0.717, 1.165) is 112 Å². The fraction of sp³-hybridized carbons (Fsp3) is 0.132. The van der Waals surface area contributed by atoms with Crippen LogP contribution < -0.4 is 26.2 Å². The molecule has 0 bridgehead atoms. The molecular formula is C91H74BN5. The summed E-state index contributed by atoms with van der Waals surface area (Å²) in [7, 11) is 0. The van der Waals surface area contributed by atoms with Gasteiger partial charge in [-0.15, -0.1) is 0 Å².